The lowest BCUT2D eigenvalue weighted by atomic mass is 10.0. The van der Waals surface area contributed by atoms with E-state index in [-0.39, 0.29) is 24.4 Å². The molecular formula is C34H39F2N3O3. The second-order valence-electron chi connectivity index (χ2n) is 10.3. The molecule has 0 bridgehead atoms. The van der Waals surface area contributed by atoms with Gasteiger partial charge in [-0.05, 0) is 72.4 Å². The van der Waals surface area contributed by atoms with Crippen LogP contribution in [0.25, 0.3) is 0 Å². The first-order valence-electron chi connectivity index (χ1n) is 14.0. The van der Waals surface area contributed by atoms with Crippen molar-refractivity contribution in [2.24, 2.45) is 5.73 Å². The minimum Gasteiger partial charge on any atom is -0.456 e. The molecule has 0 spiro atoms. The zero-order valence-corrected chi connectivity index (χ0v) is 24.2. The van der Waals surface area contributed by atoms with E-state index in [2.05, 4.69) is 37.5 Å². The number of ether oxygens (including phenoxy) is 1. The average molecular weight is 576 g/mol. The van der Waals surface area contributed by atoms with Crippen molar-refractivity contribution in [3.05, 3.63) is 131 Å². The molecular weight excluding hydrogens is 536 g/mol. The molecule has 0 aliphatic rings. The maximum atomic E-state index is 13.8. The number of nitrogens with zero attached hydrogens (tertiary/aromatic N) is 1. The zero-order valence-electron chi connectivity index (χ0n) is 24.2. The Bertz CT molecular complexity index is 1380. The van der Waals surface area contributed by atoms with Crippen LogP contribution in [0.2, 0.25) is 0 Å². The van der Waals surface area contributed by atoms with Gasteiger partial charge < -0.3 is 20.7 Å². The summed E-state index contributed by atoms with van der Waals surface area (Å²) in [5.41, 5.74) is 10.3. The molecule has 0 aromatic heterocycles. The number of hydrogen-bond donors (Lipinski definition) is 2. The van der Waals surface area contributed by atoms with Crippen molar-refractivity contribution in [3.63, 3.8) is 0 Å². The number of nitrogens with one attached hydrogen (secondary N) is 1. The lowest BCUT2D eigenvalue weighted by Gasteiger charge is -2.25. The number of aryl methyl sites for hydroxylation is 2. The molecule has 0 unspecified atom stereocenters. The lowest BCUT2D eigenvalue weighted by Crippen LogP contribution is -2.46. The average Bonchev–Trinajstić information content (AvgIpc) is 2.95. The molecule has 3 aromatic rings. The molecule has 0 saturated carbocycles. The fraction of sp³-hybridized carbons (Fsp3) is 0.294. The van der Waals surface area contributed by atoms with Gasteiger partial charge in [-0.25, -0.2) is 13.6 Å². The van der Waals surface area contributed by atoms with E-state index in [9.17, 15) is 18.4 Å². The Labute approximate surface area is 246 Å². The standard InChI is InChI=1S/C34H39F2N3O3/c1-5-11-39(12-6-2)33(40)27-13-23(4)14-28(19-27)34(41)42-32(22-38-21-25-10-8-9-24(7-3)15-25)31(37)18-26-16-29(35)20-30(36)17-26/h5-6,8-10,13-17,19-20,31-32,38H,1-2,7,11-12,18,21-22,37H2,3-4H3/t31-,32+/m0/s1. The number of benzene rings is 3. The largest absolute Gasteiger partial charge is 0.456 e. The van der Waals surface area contributed by atoms with Crippen LogP contribution in [0, 0.1) is 18.6 Å². The van der Waals surface area contributed by atoms with Gasteiger partial charge in [-0.15, -0.1) is 13.2 Å². The number of carbonyl (C=O) groups is 2. The number of nitrogens with two attached hydrogens (primary N) is 1. The van der Waals surface area contributed by atoms with Crippen molar-refractivity contribution < 1.29 is 23.1 Å². The van der Waals surface area contributed by atoms with Crippen LogP contribution in [-0.4, -0.2) is 48.6 Å². The van der Waals surface area contributed by atoms with Gasteiger partial charge >= 0.3 is 5.97 Å². The Morgan fingerprint density at radius 3 is 2.24 bits per heavy atom. The fourth-order valence-corrected chi connectivity index (χ4v) is 4.70. The van der Waals surface area contributed by atoms with Crippen molar-refractivity contribution in [2.75, 3.05) is 19.6 Å². The molecule has 42 heavy (non-hydrogen) atoms. The normalized spacial score (nSPS) is 12.3. The molecule has 8 heteroatoms. The summed E-state index contributed by atoms with van der Waals surface area (Å²) in [4.78, 5) is 28.1. The van der Waals surface area contributed by atoms with Crippen LogP contribution in [0.3, 0.4) is 0 Å². The van der Waals surface area contributed by atoms with Crippen molar-refractivity contribution in [1.82, 2.24) is 10.2 Å². The molecule has 3 rings (SSSR count). The molecule has 0 saturated heterocycles. The first-order valence-corrected chi connectivity index (χ1v) is 14.0. The summed E-state index contributed by atoms with van der Waals surface area (Å²) < 4.78 is 33.6. The highest BCUT2D eigenvalue weighted by atomic mass is 19.1. The maximum Gasteiger partial charge on any atom is 0.338 e. The molecule has 222 valence electrons. The Balaban J connectivity index is 1.82. The monoisotopic (exact) mass is 575 g/mol. The summed E-state index contributed by atoms with van der Waals surface area (Å²) in [5.74, 6) is -2.35. The smallest absolute Gasteiger partial charge is 0.338 e. The van der Waals surface area contributed by atoms with Crippen LogP contribution in [0.4, 0.5) is 8.78 Å². The molecule has 0 fully saturated rings. The van der Waals surface area contributed by atoms with Gasteiger partial charge in [0.25, 0.3) is 5.91 Å². The van der Waals surface area contributed by atoms with Crippen molar-refractivity contribution in [2.45, 2.75) is 45.4 Å². The number of hydrogen-bond acceptors (Lipinski definition) is 5. The van der Waals surface area contributed by atoms with E-state index >= 15 is 0 Å². The van der Waals surface area contributed by atoms with E-state index in [1.807, 2.05) is 12.1 Å². The second-order valence-corrected chi connectivity index (χ2v) is 10.3. The Hall–Kier alpha value is -4.14. The Morgan fingerprint density at radius 2 is 1.60 bits per heavy atom. The van der Waals surface area contributed by atoms with Crippen LogP contribution < -0.4 is 11.1 Å². The van der Waals surface area contributed by atoms with Gasteiger partial charge in [-0.3, -0.25) is 4.79 Å². The van der Waals surface area contributed by atoms with Crippen molar-refractivity contribution in [1.29, 1.82) is 0 Å². The van der Waals surface area contributed by atoms with E-state index in [0.29, 0.717) is 36.3 Å². The topological polar surface area (TPSA) is 84.7 Å². The number of carbonyl (C=O) groups excluding carboxylic acids is 2. The SMILES string of the molecule is C=CCN(CC=C)C(=O)c1cc(C)cc(C(=O)O[C@H](CNCc2cccc(CC)c2)[C@@H](N)Cc2cc(F)cc(F)c2)c1. The number of amides is 1. The van der Waals surface area contributed by atoms with Gasteiger partial charge in [0.1, 0.15) is 17.7 Å². The van der Waals surface area contributed by atoms with Crippen LogP contribution in [0.15, 0.2) is 86.0 Å². The van der Waals surface area contributed by atoms with Crippen molar-refractivity contribution in [3.8, 4) is 0 Å². The molecule has 0 aliphatic carbocycles. The van der Waals surface area contributed by atoms with Crippen LogP contribution in [0.1, 0.15) is 49.9 Å². The predicted molar refractivity (Wildman–Crippen MR) is 162 cm³/mol. The molecule has 0 aliphatic heterocycles. The molecule has 1 amide bonds. The minimum atomic E-state index is -0.837. The molecule has 0 heterocycles. The van der Waals surface area contributed by atoms with Crippen LogP contribution in [0.5, 0.6) is 0 Å². The van der Waals surface area contributed by atoms with Gasteiger partial charge in [0, 0.05) is 43.9 Å². The van der Waals surface area contributed by atoms with Crippen LogP contribution >= 0.6 is 0 Å². The Morgan fingerprint density at radius 1 is 0.952 bits per heavy atom. The summed E-state index contributed by atoms with van der Waals surface area (Å²) in [6.07, 6.45) is 3.39. The zero-order chi connectivity index (χ0) is 30.6. The van der Waals surface area contributed by atoms with Gasteiger partial charge in [0.2, 0.25) is 0 Å². The molecule has 3 aromatic carbocycles. The third-order valence-corrected chi connectivity index (χ3v) is 6.75. The first kappa shape index (κ1) is 32.4. The highest BCUT2D eigenvalue weighted by Gasteiger charge is 2.25. The minimum absolute atomic E-state index is 0.0786. The number of halogens is 2. The third-order valence-electron chi connectivity index (χ3n) is 6.75. The number of esters is 1. The maximum absolute atomic E-state index is 13.8. The summed E-state index contributed by atoms with van der Waals surface area (Å²) in [7, 11) is 0. The first-order chi connectivity index (χ1) is 20.1. The van der Waals surface area contributed by atoms with Gasteiger partial charge in [-0.1, -0.05) is 43.3 Å². The molecule has 2 atom stereocenters. The highest BCUT2D eigenvalue weighted by molar-refractivity contribution is 5.98. The number of rotatable bonds is 15. The van der Waals surface area contributed by atoms with E-state index < -0.39 is 29.7 Å². The second kappa shape index (κ2) is 15.7. The van der Waals surface area contributed by atoms with E-state index in [0.717, 1.165) is 18.1 Å². The van der Waals surface area contributed by atoms with Crippen LogP contribution in [-0.2, 0) is 24.1 Å². The lowest BCUT2D eigenvalue weighted by molar-refractivity contribution is 0.0238. The summed E-state index contributed by atoms with van der Waals surface area (Å²) in [6, 6.07) is 15.4. The fourth-order valence-electron chi connectivity index (χ4n) is 4.70. The molecule has 3 N–H and O–H groups in total. The van der Waals surface area contributed by atoms with Gasteiger partial charge in [0.05, 0.1) is 5.56 Å². The quantitative estimate of drug-likeness (QED) is 0.184. The summed E-state index contributed by atoms with van der Waals surface area (Å²) in [5, 5.41) is 3.30. The van der Waals surface area contributed by atoms with E-state index in [1.165, 1.54) is 23.8 Å². The van der Waals surface area contributed by atoms with Gasteiger partial charge in [-0.2, -0.15) is 0 Å². The molecule has 6 nitrogen and oxygen atoms in total. The third kappa shape index (κ3) is 9.46. The van der Waals surface area contributed by atoms with E-state index in [4.69, 9.17) is 10.5 Å². The Kier molecular flexibility index (Phi) is 12.1. The van der Waals surface area contributed by atoms with Gasteiger partial charge in [0.15, 0.2) is 0 Å². The van der Waals surface area contributed by atoms with Crippen molar-refractivity contribution >= 4 is 11.9 Å². The summed E-state index contributed by atoms with van der Waals surface area (Å²) in [6.45, 7) is 12.6. The predicted octanol–water partition coefficient (Wildman–Crippen LogP) is 5.54. The highest BCUT2D eigenvalue weighted by Crippen LogP contribution is 2.17. The molecule has 0 radical (unpaired) electrons. The summed E-state index contributed by atoms with van der Waals surface area (Å²) >= 11 is 0. The van der Waals surface area contributed by atoms with E-state index in [1.54, 1.807) is 36.1 Å².